The van der Waals surface area contributed by atoms with Crippen molar-refractivity contribution in [3.8, 4) is 6.07 Å². The molecule has 13 heavy (non-hydrogen) atoms. The molecular formula is C10H10N2O. The molecule has 1 heterocycles. The van der Waals surface area contributed by atoms with Crippen LogP contribution in [0.5, 0.6) is 0 Å². The fourth-order valence-electron chi connectivity index (χ4n) is 1.45. The SMILES string of the molecule is N#Cc1ccc(C=O)n1CC1CC1. The molecule has 0 spiro atoms. The third kappa shape index (κ3) is 1.48. The predicted octanol–water partition coefficient (Wildman–Crippen LogP) is 1.58. The Labute approximate surface area is 76.6 Å². The number of hydrogen-bond acceptors (Lipinski definition) is 2. The third-order valence-electron chi connectivity index (χ3n) is 2.39. The normalized spacial score (nSPS) is 15.3. The van der Waals surface area contributed by atoms with Crippen LogP contribution in [0, 0.1) is 17.2 Å². The molecule has 2 rings (SSSR count). The van der Waals surface area contributed by atoms with Crippen LogP contribution in [0.15, 0.2) is 12.1 Å². The van der Waals surface area contributed by atoms with Crippen LogP contribution >= 0.6 is 0 Å². The highest BCUT2D eigenvalue weighted by Crippen LogP contribution is 2.31. The molecule has 3 heteroatoms. The molecule has 1 aromatic heterocycles. The van der Waals surface area contributed by atoms with Gasteiger partial charge < -0.3 is 4.57 Å². The first kappa shape index (κ1) is 8.06. The van der Waals surface area contributed by atoms with Crippen LogP contribution in [0.3, 0.4) is 0 Å². The molecule has 1 fully saturated rings. The lowest BCUT2D eigenvalue weighted by Gasteiger charge is -2.04. The van der Waals surface area contributed by atoms with E-state index in [1.165, 1.54) is 12.8 Å². The van der Waals surface area contributed by atoms with Gasteiger partial charge >= 0.3 is 0 Å². The second-order valence-electron chi connectivity index (χ2n) is 3.43. The molecule has 0 bridgehead atoms. The Morgan fingerprint density at radius 3 is 2.92 bits per heavy atom. The molecule has 0 unspecified atom stereocenters. The maximum Gasteiger partial charge on any atom is 0.166 e. The van der Waals surface area contributed by atoms with E-state index in [-0.39, 0.29) is 0 Å². The molecule has 0 atom stereocenters. The van der Waals surface area contributed by atoms with Crippen molar-refractivity contribution >= 4 is 6.29 Å². The first-order valence-corrected chi connectivity index (χ1v) is 4.40. The maximum absolute atomic E-state index is 10.6. The van der Waals surface area contributed by atoms with Crippen LogP contribution in [0.2, 0.25) is 0 Å². The molecule has 1 aromatic rings. The van der Waals surface area contributed by atoms with E-state index >= 15 is 0 Å². The minimum absolute atomic E-state index is 0.592. The highest BCUT2D eigenvalue weighted by atomic mass is 16.1. The van der Waals surface area contributed by atoms with Gasteiger partial charge in [-0.2, -0.15) is 5.26 Å². The van der Waals surface area contributed by atoms with E-state index in [1.54, 1.807) is 12.1 Å². The Bertz CT molecular complexity index is 369. The largest absolute Gasteiger partial charge is 0.330 e. The maximum atomic E-state index is 10.6. The molecule has 1 aliphatic rings. The highest BCUT2D eigenvalue weighted by molar-refractivity contribution is 5.73. The number of nitrogens with zero attached hydrogens (tertiary/aromatic N) is 2. The first-order chi connectivity index (χ1) is 6.35. The number of carbonyl (C=O) groups is 1. The second kappa shape index (κ2) is 3.06. The molecule has 0 amide bonds. The Kier molecular flexibility index (Phi) is 1.90. The average molecular weight is 174 g/mol. The van der Waals surface area contributed by atoms with E-state index in [2.05, 4.69) is 6.07 Å². The monoisotopic (exact) mass is 174 g/mol. The quantitative estimate of drug-likeness (QED) is 0.653. The minimum Gasteiger partial charge on any atom is -0.330 e. The van der Waals surface area contributed by atoms with Crippen LogP contribution < -0.4 is 0 Å². The summed E-state index contributed by atoms with van der Waals surface area (Å²) in [4.78, 5) is 10.6. The zero-order valence-electron chi connectivity index (χ0n) is 7.23. The van der Waals surface area contributed by atoms with E-state index in [1.807, 2.05) is 4.57 Å². The summed E-state index contributed by atoms with van der Waals surface area (Å²) in [5.41, 5.74) is 1.21. The molecule has 0 saturated heterocycles. The number of rotatable bonds is 3. The Morgan fingerprint density at radius 1 is 1.62 bits per heavy atom. The summed E-state index contributed by atoms with van der Waals surface area (Å²) in [6.45, 7) is 0.823. The number of hydrogen-bond donors (Lipinski definition) is 0. The summed E-state index contributed by atoms with van der Waals surface area (Å²) in [7, 11) is 0. The van der Waals surface area contributed by atoms with Crippen molar-refractivity contribution in [1.29, 1.82) is 5.26 Å². The smallest absolute Gasteiger partial charge is 0.166 e. The lowest BCUT2D eigenvalue weighted by Crippen LogP contribution is -2.05. The van der Waals surface area contributed by atoms with Crippen molar-refractivity contribution in [3.05, 3.63) is 23.5 Å². The van der Waals surface area contributed by atoms with Gasteiger partial charge in [-0.05, 0) is 30.9 Å². The van der Waals surface area contributed by atoms with Gasteiger partial charge in [-0.25, -0.2) is 0 Å². The topological polar surface area (TPSA) is 45.8 Å². The molecule has 1 saturated carbocycles. The van der Waals surface area contributed by atoms with Crippen molar-refractivity contribution in [2.45, 2.75) is 19.4 Å². The van der Waals surface area contributed by atoms with Crippen LogP contribution in [-0.4, -0.2) is 10.9 Å². The number of carbonyl (C=O) groups excluding carboxylic acids is 1. The van der Waals surface area contributed by atoms with Crippen molar-refractivity contribution < 1.29 is 4.79 Å². The van der Waals surface area contributed by atoms with E-state index in [4.69, 9.17) is 5.26 Å². The van der Waals surface area contributed by atoms with Crippen molar-refractivity contribution in [2.75, 3.05) is 0 Å². The van der Waals surface area contributed by atoms with E-state index < -0.39 is 0 Å². The van der Waals surface area contributed by atoms with Gasteiger partial charge in [0.2, 0.25) is 0 Å². The minimum atomic E-state index is 0.592. The Hall–Kier alpha value is -1.56. The van der Waals surface area contributed by atoms with Crippen molar-refractivity contribution in [2.24, 2.45) is 5.92 Å². The molecule has 1 aliphatic carbocycles. The van der Waals surface area contributed by atoms with Crippen LogP contribution in [0.4, 0.5) is 0 Å². The molecule has 0 radical (unpaired) electrons. The van der Waals surface area contributed by atoms with E-state index in [0.717, 1.165) is 12.8 Å². The number of aldehydes is 1. The summed E-state index contributed by atoms with van der Waals surface area (Å²) >= 11 is 0. The molecule has 66 valence electrons. The highest BCUT2D eigenvalue weighted by Gasteiger charge is 2.23. The lowest BCUT2D eigenvalue weighted by molar-refractivity contribution is 0.111. The van der Waals surface area contributed by atoms with Gasteiger partial charge in [0.25, 0.3) is 0 Å². The zero-order chi connectivity index (χ0) is 9.26. The fraction of sp³-hybridized carbons (Fsp3) is 0.400. The van der Waals surface area contributed by atoms with Crippen LogP contribution in [-0.2, 0) is 6.54 Å². The van der Waals surface area contributed by atoms with Gasteiger partial charge in [0.15, 0.2) is 6.29 Å². The van der Waals surface area contributed by atoms with Gasteiger partial charge in [-0.3, -0.25) is 4.79 Å². The van der Waals surface area contributed by atoms with E-state index in [9.17, 15) is 4.79 Å². The summed E-state index contributed by atoms with van der Waals surface area (Å²) < 4.78 is 1.81. The van der Waals surface area contributed by atoms with Gasteiger partial charge in [-0.15, -0.1) is 0 Å². The van der Waals surface area contributed by atoms with Crippen molar-refractivity contribution in [3.63, 3.8) is 0 Å². The van der Waals surface area contributed by atoms with Crippen LogP contribution in [0.25, 0.3) is 0 Å². The molecule has 0 N–H and O–H groups in total. The summed E-state index contributed by atoms with van der Waals surface area (Å²) in [6, 6.07) is 5.49. The fourth-order valence-corrected chi connectivity index (χ4v) is 1.45. The van der Waals surface area contributed by atoms with Crippen LogP contribution in [0.1, 0.15) is 29.0 Å². The van der Waals surface area contributed by atoms with Gasteiger partial charge in [0.05, 0.1) is 5.69 Å². The zero-order valence-corrected chi connectivity index (χ0v) is 7.23. The summed E-state index contributed by atoms with van der Waals surface area (Å²) in [5, 5.41) is 8.77. The molecule has 0 aromatic carbocycles. The lowest BCUT2D eigenvalue weighted by atomic mass is 10.4. The average Bonchev–Trinajstić information content (AvgIpc) is 2.86. The van der Waals surface area contributed by atoms with Gasteiger partial charge in [0, 0.05) is 6.54 Å². The summed E-state index contributed by atoms with van der Waals surface area (Å²) in [6.07, 6.45) is 3.26. The Morgan fingerprint density at radius 2 is 2.38 bits per heavy atom. The first-order valence-electron chi connectivity index (χ1n) is 4.40. The summed E-state index contributed by atoms with van der Waals surface area (Å²) in [5.74, 6) is 0.679. The second-order valence-corrected chi connectivity index (χ2v) is 3.43. The predicted molar refractivity (Wildman–Crippen MR) is 47.3 cm³/mol. The third-order valence-corrected chi connectivity index (χ3v) is 2.39. The molecule has 3 nitrogen and oxygen atoms in total. The van der Waals surface area contributed by atoms with E-state index in [0.29, 0.717) is 17.3 Å². The number of aromatic nitrogens is 1. The molecular weight excluding hydrogens is 164 g/mol. The van der Waals surface area contributed by atoms with Crippen molar-refractivity contribution in [1.82, 2.24) is 4.57 Å². The standard InChI is InChI=1S/C10H10N2O/c11-5-9-3-4-10(7-13)12(9)6-8-1-2-8/h3-4,7-8H,1-2,6H2. The Balaban J connectivity index is 2.31. The van der Waals surface area contributed by atoms with Gasteiger partial charge in [0.1, 0.15) is 11.8 Å². The number of nitriles is 1. The van der Waals surface area contributed by atoms with Gasteiger partial charge in [-0.1, -0.05) is 0 Å². The molecule has 0 aliphatic heterocycles.